The molecule has 1 fully saturated rings. The Morgan fingerprint density at radius 3 is 2.70 bits per heavy atom. The van der Waals surface area contributed by atoms with E-state index in [1.807, 2.05) is 49.0 Å². The monoisotopic (exact) mass is 314 g/mol. The van der Waals surface area contributed by atoms with E-state index in [0.29, 0.717) is 13.0 Å². The molecular weight excluding hydrogens is 292 g/mol. The maximum atomic E-state index is 12.2. The molecule has 2 aromatic rings. The number of amides is 1. The summed E-state index contributed by atoms with van der Waals surface area (Å²) in [7, 11) is 1.91. The van der Waals surface area contributed by atoms with Crippen LogP contribution in [-0.2, 0) is 11.8 Å². The molecule has 1 aliphatic heterocycles. The van der Waals surface area contributed by atoms with E-state index in [-0.39, 0.29) is 18.0 Å². The van der Waals surface area contributed by atoms with Gasteiger partial charge in [-0.05, 0) is 30.5 Å². The molecule has 0 aliphatic carbocycles. The second-order valence-corrected chi connectivity index (χ2v) is 6.04. The van der Waals surface area contributed by atoms with E-state index in [0.717, 1.165) is 16.8 Å². The summed E-state index contributed by atoms with van der Waals surface area (Å²) < 4.78 is 1.83. The van der Waals surface area contributed by atoms with Crippen LogP contribution < -0.4 is 10.6 Å². The zero-order chi connectivity index (χ0) is 16.4. The number of hydrogen-bond donors (Lipinski definition) is 3. The summed E-state index contributed by atoms with van der Waals surface area (Å²) in [6, 6.07) is 9.69. The molecule has 1 amide bonds. The Labute approximate surface area is 135 Å². The van der Waals surface area contributed by atoms with Gasteiger partial charge in [0.2, 0.25) is 5.91 Å². The number of nitrogens with one attached hydrogen (secondary N) is 2. The Balaban J connectivity index is 1.65. The number of aliphatic hydroxyl groups is 1. The van der Waals surface area contributed by atoms with Crippen molar-refractivity contribution < 1.29 is 9.90 Å². The first-order valence-electron chi connectivity index (χ1n) is 7.85. The molecule has 6 heteroatoms. The predicted octanol–water partition coefficient (Wildman–Crippen LogP) is 0.987. The lowest BCUT2D eigenvalue weighted by molar-refractivity contribution is -0.123. The number of aromatic nitrogens is 2. The van der Waals surface area contributed by atoms with Gasteiger partial charge in [-0.3, -0.25) is 9.48 Å². The van der Waals surface area contributed by atoms with Crippen LogP contribution in [0.2, 0.25) is 0 Å². The smallest absolute Gasteiger partial charge is 0.237 e. The minimum atomic E-state index is -0.431. The highest BCUT2D eigenvalue weighted by atomic mass is 16.3. The number of aryl methyl sites for hydroxylation is 1. The maximum Gasteiger partial charge on any atom is 0.237 e. The summed E-state index contributed by atoms with van der Waals surface area (Å²) >= 11 is 0. The van der Waals surface area contributed by atoms with Crippen molar-refractivity contribution in [1.29, 1.82) is 0 Å². The Kier molecular flexibility index (Phi) is 4.45. The van der Waals surface area contributed by atoms with Crippen LogP contribution in [0.1, 0.15) is 24.9 Å². The summed E-state index contributed by atoms with van der Waals surface area (Å²) in [5.41, 5.74) is 3.19. The van der Waals surface area contributed by atoms with Crippen molar-refractivity contribution in [2.24, 2.45) is 7.05 Å². The van der Waals surface area contributed by atoms with Gasteiger partial charge >= 0.3 is 0 Å². The fraction of sp³-hybridized carbons (Fsp3) is 0.412. The molecule has 0 bridgehead atoms. The number of hydrogen-bond acceptors (Lipinski definition) is 4. The van der Waals surface area contributed by atoms with Gasteiger partial charge in [-0.15, -0.1) is 0 Å². The third-order valence-corrected chi connectivity index (χ3v) is 4.31. The highest BCUT2D eigenvalue weighted by Gasteiger charge is 2.28. The molecule has 3 atom stereocenters. The highest BCUT2D eigenvalue weighted by molar-refractivity contribution is 5.82. The van der Waals surface area contributed by atoms with Gasteiger partial charge in [-0.1, -0.05) is 24.3 Å². The van der Waals surface area contributed by atoms with Crippen molar-refractivity contribution in [3.63, 3.8) is 0 Å². The lowest BCUT2D eigenvalue weighted by Crippen LogP contribution is -2.41. The summed E-state index contributed by atoms with van der Waals surface area (Å²) in [6.07, 6.45) is 1.81. The minimum absolute atomic E-state index is 0.0650. The highest BCUT2D eigenvalue weighted by Crippen LogP contribution is 2.21. The molecule has 6 nitrogen and oxygen atoms in total. The molecule has 3 rings (SSSR count). The average Bonchev–Trinajstić information content (AvgIpc) is 3.16. The van der Waals surface area contributed by atoms with Crippen molar-refractivity contribution in [2.75, 3.05) is 6.54 Å². The summed E-state index contributed by atoms with van der Waals surface area (Å²) in [4.78, 5) is 12.2. The van der Waals surface area contributed by atoms with Crippen LogP contribution in [0, 0.1) is 0 Å². The van der Waals surface area contributed by atoms with Crippen LogP contribution in [0.15, 0.2) is 36.5 Å². The van der Waals surface area contributed by atoms with Gasteiger partial charge in [0.25, 0.3) is 0 Å². The molecule has 122 valence electrons. The van der Waals surface area contributed by atoms with Gasteiger partial charge < -0.3 is 15.7 Å². The van der Waals surface area contributed by atoms with E-state index in [1.165, 1.54) is 0 Å². The molecular formula is C17H22N4O2. The summed E-state index contributed by atoms with van der Waals surface area (Å²) in [6.45, 7) is 2.44. The second-order valence-electron chi connectivity index (χ2n) is 6.04. The van der Waals surface area contributed by atoms with Crippen molar-refractivity contribution in [2.45, 2.75) is 31.5 Å². The van der Waals surface area contributed by atoms with E-state index in [1.54, 1.807) is 6.20 Å². The van der Waals surface area contributed by atoms with Crippen molar-refractivity contribution >= 4 is 5.91 Å². The molecule has 2 heterocycles. The van der Waals surface area contributed by atoms with Crippen LogP contribution in [-0.4, -0.2) is 39.5 Å². The van der Waals surface area contributed by atoms with Crippen LogP contribution in [0.4, 0.5) is 0 Å². The number of β-amino-alcohol motifs (C(OH)–C–C–N with tert-alkyl or cyclic N) is 1. The van der Waals surface area contributed by atoms with Crippen LogP contribution >= 0.6 is 0 Å². The quantitative estimate of drug-likeness (QED) is 0.786. The molecule has 3 N–H and O–H groups in total. The number of aliphatic hydroxyl groups excluding tert-OH is 1. The first-order valence-corrected chi connectivity index (χ1v) is 7.85. The Hall–Kier alpha value is -2.18. The third-order valence-electron chi connectivity index (χ3n) is 4.31. The standard InChI is InChI=1S/C17H22N4O2/c1-11(20-17(23)15-9-14(22)10-18-15)12-3-5-13(6-4-12)16-7-8-19-21(16)2/h3-8,11,14-15,18,22H,9-10H2,1-2H3,(H,20,23)/t11-,14+,15-/m0/s1. The normalized spacial score (nSPS) is 22.0. The van der Waals surface area contributed by atoms with Crippen LogP contribution in [0.5, 0.6) is 0 Å². The molecule has 23 heavy (non-hydrogen) atoms. The second kappa shape index (κ2) is 6.52. The van der Waals surface area contributed by atoms with E-state index in [9.17, 15) is 9.90 Å². The number of rotatable bonds is 4. The Bertz CT molecular complexity index is 680. The number of benzene rings is 1. The van der Waals surface area contributed by atoms with Gasteiger partial charge in [-0.2, -0.15) is 5.10 Å². The van der Waals surface area contributed by atoms with E-state index < -0.39 is 6.10 Å². The molecule has 1 aromatic carbocycles. The molecule has 1 aliphatic rings. The zero-order valence-electron chi connectivity index (χ0n) is 13.4. The van der Waals surface area contributed by atoms with E-state index in [2.05, 4.69) is 15.7 Å². The molecule has 1 saturated heterocycles. The van der Waals surface area contributed by atoms with Crippen molar-refractivity contribution in [1.82, 2.24) is 20.4 Å². The fourth-order valence-corrected chi connectivity index (χ4v) is 2.91. The van der Waals surface area contributed by atoms with Gasteiger partial charge in [-0.25, -0.2) is 0 Å². The maximum absolute atomic E-state index is 12.2. The number of nitrogens with zero attached hydrogens (tertiary/aromatic N) is 2. The average molecular weight is 314 g/mol. The zero-order valence-corrected chi connectivity index (χ0v) is 13.4. The third kappa shape index (κ3) is 3.43. The summed E-state index contributed by atoms with van der Waals surface area (Å²) in [5, 5.41) is 19.7. The van der Waals surface area contributed by atoms with Gasteiger partial charge in [0.1, 0.15) is 0 Å². The largest absolute Gasteiger partial charge is 0.392 e. The van der Waals surface area contributed by atoms with E-state index >= 15 is 0 Å². The Morgan fingerprint density at radius 2 is 2.13 bits per heavy atom. The lowest BCUT2D eigenvalue weighted by Gasteiger charge is -2.18. The van der Waals surface area contributed by atoms with Crippen molar-refractivity contribution in [3.8, 4) is 11.3 Å². The first-order chi connectivity index (χ1) is 11.0. The lowest BCUT2D eigenvalue weighted by atomic mass is 10.0. The number of carbonyl (C=O) groups excluding carboxylic acids is 1. The van der Waals surface area contributed by atoms with Crippen LogP contribution in [0.3, 0.4) is 0 Å². The molecule has 0 unspecified atom stereocenters. The first kappa shape index (κ1) is 15.7. The van der Waals surface area contributed by atoms with E-state index in [4.69, 9.17) is 0 Å². The molecule has 0 spiro atoms. The van der Waals surface area contributed by atoms with Gasteiger partial charge in [0.05, 0.1) is 23.9 Å². The topological polar surface area (TPSA) is 79.2 Å². The fourth-order valence-electron chi connectivity index (χ4n) is 2.91. The number of carbonyl (C=O) groups is 1. The SMILES string of the molecule is C[C@H](NC(=O)[C@@H]1C[C@@H](O)CN1)c1ccc(-c2ccnn2C)cc1. The van der Waals surface area contributed by atoms with Gasteiger partial charge in [0.15, 0.2) is 0 Å². The molecule has 0 radical (unpaired) electrons. The molecule has 1 aromatic heterocycles. The molecule has 0 saturated carbocycles. The van der Waals surface area contributed by atoms with Crippen LogP contribution in [0.25, 0.3) is 11.3 Å². The predicted molar refractivity (Wildman–Crippen MR) is 87.6 cm³/mol. The van der Waals surface area contributed by atoms with Gasteiger partial charge in [0, 0.05) is 19.8 Å². The summed E-state index contributed by atoms with van der Waals surface area (Å²) in [5.74, 6) is -0.0650. The Morgan fingerprint density at radius 1 is 1.39 bits per heavy atom. The van der Waals surface area contributed by atoms with Crippen molar-refractivity contribution in [3.05, 3.63) is 42.1 Å². The minimum Gasteiger partial charge on any atom is -0.392 e.